The summed E-state index contributed by atoms with van der Waals surface area (Å²) in [6.45, 7) is 4.19. The molecule has 1 heterocycles. The van der Waals surface area contributed by atoms with Crippen LogP contribution in [0.15, 0.2) is 59.0 Å². The van der Waals surface area contributed by atoms with Gasteiger partial charge < -0.3 is 9.15 Å². The Labute approximate surface area is 162 Å². The summed E-state index contributed by atoms with van der Waals surface area (Å²) in [5, 5.41) is 8.44. The average Bonchev–Trinajstić information content (AvgIpc) is 3.14. The molecule has 27 heavy (non-hydrogen) atoms. The van der Waals surface area contributed by atoms with E-state index in [4.69, 9.17) is 20.8 Å². The van der Waals surface area contributed by atoms with Crippen LogP contribution in [0.5, 0.6) is 0 Å². The molecule has 2 aromatic carbocycles. The number of nitrogens with zero attached hydrogens (tertiary/aromatic N) is 2. The van der Waals surface area contributed by atoms with Crippen molar-refractivity contribution in [1.82, 2.24) is 10.2 Å². The number of hydrogen-bond donors (Lipinski definition) is 0. The molecule has 0 aliphatic carbocycles. The first-order chi connectivity index (χ1) is 13.0. The van der Waals surface area contributed by atoms with E-state index in [1.54, 1.807) is 30.3 Å². The summed E-state index contributed by atoms with van der Waals surface area (Å²) in [6.07, 6.45) is 3.08. The van der Waals surface area contributed by atoms with Crippen molar-refractivity contribution >= 4 is 23.6 Å². The minimum atomic E-state index is -0.478. The molecule has 0 radical (unpaired) electrons. The largest absolute Gasteiger partial charge is 0.452 e. The first kappa shape index (κ1) is 18.9. The lowest BCUT2D eigenvalue weighted by Crippen LogP contribution is -2.00. The summed E-state index contributed by atoms with van der Waals surface area (Å²) in [5.74, 6) is 0.566. The fourth-order valence-corrected chi connectivity index (χ4v) is 2.48. The molecule has 5 nitrogen and oxygen atoms in total. The molecule has 0 unspecified atom stereocenters. The lowest BCUT2D eigenvalue weighted by Gasteiger charge is -2.04. The van der Waals surface area contributed by atoms with E-state index in [9.17, 15) is 4.79 Å². The SMILES string of the molecule is CC(C)c1ccc(/C=C/C(=O)OCc2nnc(-c3ccc(Cl)cc3)o2)cc1. The molecule has 0 spiro atoms. The second-order valence-corrected chi connectivity index (χ2v) is 6.71. The summed E-state index contributed by atoms with van der Waals surface area (Å²) in [4.78, 5) is 11.9. The summed E-state index contributed by atoms with van der Waals surface area (Å²) in [7, 11) is 0. The van der Waals surface area contributed by atoms with Gasteiger partial charge in [0.25, 0.3) is 5.89 Å². The van der Waals surface area contributed by atoms with Crippen molar-refractivity contribution in [2.75, 3.05) is 0 Å². The van der Waals surface area contributed by atoms with Crippen LogP contribution in [0.25, 0.3) is 17.5 Å². The highest BCUT2D eigenvalue weighted by atomic mass is 35.5. The Bertz CT molecular complexity index is 929. The topological polar surface area (TPSA) is 65.2 Å². The van der Waals surface area contributed by atoms with E-state index in [-0.39, 0.29) is 12.5 Å². The van der Waals surface area contributed by atoms with E-state index in [2.05, 4.69) is 24.0 Å². The van der Waals surface area contributed by atoms with Crippen LogP contribution in [0.3, 0.4) is 0 Å². The van der Waals surface area contributed by atoms with Gasteiger partial charge in [-0.1, -0.05) is 49.7 Å². The molecular weight excluding hydrogens is 364 g/mol. The fourth-order valence-electron chi connectivity index (χ4n) is 2.36. The minimum absolute atomic E-state index is 0.0873. The molecule has 0 bridgehead atoms. The van der Waals surface area contributed by atoms with Crippen LogP contribution in [-0.2, 0) is 16.1 Å². The van der Waals surface area contributed by atoms with Crippen molar-refractivity contribution in [1.29, 1.82) is 0 Å². The van der Waals surface area contributed by atoms with E-state index >= 15 is 0 Å². The summed E-state index contributed by atoms with van der Waals surface area (Å²) < 4.78 is 10.6. The minimum Gasteiger partial charge on any atom is -0.452 e. The van der Waals surface area contributed by atoms with Crippen LogP contribution in [0, 0.1) is 0 Å². The van der Waals surface area contributed by atoms with Gasteiger partial charge in [0, 0.05) is 16.7 Å². The first-order valence-corrected chi connectivity index (χ1v) is 8.92. The quantitative estimate of drug-likeness (QED) is 0.429. The standard InChI is InChI=1S/C21H19ClN2O3/c1-14(2)16-6-3-15(4-7-16)5-12-20(25)26-13-19-23-24-21(27-19)17-8-10-18(22)11-9-17/h3-12,14H,13H2,1-2H3/b12-5+. The van der Waals surface area contributed by atoms with Gasteiger partial charge in [-0.05, 0) is 47.4 Å². The lowest BCUT2D eigenvalue weighted by molar-refractivity contribution is -0.139. The van der Waals surface area contributed by atoms with Gasteiger partial charge in [0.1, 0.15) is 0 Å². The number of ether oxygens (including phenoxy) is 1. The molecule has 0 fully saturated rings. The van der Waals surface area contributed by atoms with Crippen LogP contribution in [0.1, 0.15) is 36.8 Å². The molecule has 138 valence electrons. The molecule has 0 N–H and O–H groups in total. The summed E-state index contributed by atoms with van der Waals surface area (Å²) in [6, 6.07) is 15.1. The lowest BCUT2D eigenvalue weighted by atomic mass is 10.0. The highest BCUT2D eigenvalue weighted by Gasteiger charge is 2.10. The molecule has 0 atom stereocenters. The van der Waals surface area contributed by atoms with Crippen molar-refractivity contribution < 1.29 is 13.9 Å². The number of rotatable bonds is 6. The van der Waals surface area contributed by atoms with E-state index in [0.717, 1.165) is 11.1 Å². The maximum Gasteiger partial charge on any atom is 0.331 e. The third kappa shape index (κ3) is 5.28. The smallest absolute Gasteiger partial charge is 0.331 e. The van der Waals surface area contributed by atoms with Crippen LogP contribution >= 0.6 is 11.6 Å². The third-order valence-electron chi connectivity index (χ3n) is 3.91. The van der Waals surface area contributed by atoms with Crippen LogP contribution in [-0.4, -0.2) is 16.2 Å². The van der Waals surface area contributed by atoms with Gasteiger partial charge >= 0.3 is 5.97 Å². The molecule has 6 heteroatoms. The van der Waals surface area contributed by atoms with Gasteiger partial charge in [-0.25, -0.2) is 4.79 Å². The number of carbonyl (C=O) groups excluding carboxylic acids is 1. The fraction of sp³-hybridized carbons (Fsp3) is 0.190. The van der Waals surface area contributed by atoms with Gasteiger partial charge in [0.15, 0.2) is 6.61 Å². The maximum absolute atomic E-state index is 11.9. The normalized spacial score (nSPS) is 11.3. The summed E-state index contributed by atoms with van der Waals surface area (Å²) in [5.41, 5.74) is 2.93. The molecule has 0 aliphatic rings. The van der Waals surface area contributed by atoms with E-state index in [1.807, 2.05) is 24.3 Å². The molecule has 0 amide bonds. The average molecular weight is 383 g/mol. The molecule has 0 aliphatic heterocycles. The second kappa shape index (κ2) is 8.64. The van der Waals surface area contributed by atoms with E-state index < -0.39 is 5.97 Å². The van der Waals surface area contributed by atoms with Crippen LogP contribution < -0.4 is 0 Å². The second-order valence-electron chi connectivity index (χ2n) is 6.27. The number of benzene rings is 2. The zero-order valence-corrected chi connectivity index (χ0v) is 15.8. The van der Waals surface area contributed by atoms with Crippen molar-refractivity contribution in [2.45, 2.75) is 26.4 Å². The van der Waals surface area contributed by atoms with Crippen molar-refractivity contribution in [3.63, 3.8) is 0 Å². The van der Waals surface area contributed by atoms with Gasteiger partial charge in [-0.3, -0.25) is 0 Å². The van der Waals surface area contributed by atoms with Gasteiger partial charge in [0.05, 0.1) is 0 Å². The predicted octanol–water partition coefficient (Wildman–Crippen LogP) is 5.27. The van der Waals surface area contributed by atoms with Crippen molar-refractivity contribution in [3.05, 3.63) is 76.6 Å². The van der Waals surface area contributed by atoms with Gasteiger partial charge in [-0.15, -0.1) is 10.2 Å². The molecule has 3 aromatic rings. The highest BCUT2D eigenvalue weighted by Crippen LogP contribution is 2.20. The monoisotopic (exact) mass is 382 g/mol. The Morgan fingerprint density at radius 2 is 1.81 bits per heavy atom. The maximum atomic E-state index is 11.9. The van der Waals surface area contributed by atoms with Crippen LogP contribution in [0.2, 0.25) is 5.02 Å². The number of carbonyl (C=O) groups is 1. The van der Waals surface area contributed by atoms with Crippen molar-refractivity contribution in [2.24, 2.45) is 0 Å². The number of hydrogen-bond acceptors (Lipinski definition) is 5. The van der Waals surface area contributed by atoms with Gasteiger partial charge in [0.2, 0.25) is 5.89 Å². The first-order valence-electron chi connectivity index (χ1n) is 8.54. The number of halogens is 1. The summed E-state index contributed by atoms with van der Waals surface area (Å²) >= 11 is 5.85. The molecule has 3 rings (SSSR count). The van der Waals surface area contributed by atoms with Gasteiger partial charge in [-0.2, -0.15) is 0 Å². The van der Waals surface area contributed by atoms with Crippen molar-refractivity contribution in [3.8, 4) is 11.5 Å². The zero-order chi connectivity index (χ0) is 19.2. The third-order valence-corrected chi connectivity index (χ3v) is 4.16. The number of aromatic nitrogens is 2. The van der Waals surface area contributed by atoms with Crippen LogP contribution in [0.4, 0.5) is 0 Å². The Morgan fingerprint density at radius 3 is 2.48 bits per heavy atom. The predicted molar refractivity (Wildman–Crippen MR) is 104 cm³/mol. The Kier molecular flexibility index (Phi) is 6.04. The highest BCUT2D eigenvalue weighted by molar-refractivity contribution is 6.30. The molecule has 0 saturated heterocycles. The zero-order valence-electron chi connectivity index (χ0n) is 15.1. The Hall–Kier alpha value is -2.92. The van der Waals surface area contributed by atoms with E-state index in [1.165, 1.54) is 11.6 Å². The number of esters is 1. The Balaban J connectivity index is 1.54. The molecule has 0 saturated carbocycles. The molecular formula is C21H19ClN2O3. The van der Waals surface area contributed by atoms with E-state index in [0.29, 0.717) is 16.8 Å². The molecule has 1 aromatic heterocycles. The Morgan fingerprint density at radius 1 is 1.11 bits per heavy atom.